The molecule has 5 aromatic rings. The molecule has 9 nitrogen and oxygen atoms in total. The largest absolute Gasteiger partial charge is 0.296 e. The summed E-state index contributed by atoms with van der Waals surface area (Å²) in [6, 6.07) is 11.9. The lowest BCUT2D eigenvalue weighted by atomic mass is 10.1. The van der Waals surface area contributed by atoms with Gasteiger partial charge in [0.05, 0.1) is 21.6 Å². The standard InChI is InChI=1S/C25H23ClN6O3/c1-4-20-29-23-21(25(33)30(20)12-11-14(2)3)22-24(28-18-8-6-5-7-17(18)27-22)31(23)15-9-10-16(26)19(13-15)32(34)35/h5-10,13-14H,4,11-12H2,1-3H3. The molecule has 0 atom stereocenters. The second-order valence-electron chi connectivity index (χ2n) is 8.83. The minimum Gasteiger partial charge on any atom is -0.296 e. The van der Waals surface area contributed by atoms with Crippen molar-refractivity contribution in [3.05, 3.63) is 73.8 Å². The van der Waals surface area contributed by atoms with Crippen LogP contribution in [0.25, 0.3) is 38.9 Å². The third kappa shape index (κ3) is 3.81. The number of hydrogen-bond acceptors (Lipinski definition) is 6. The van der Waals surface area contributed by atoms with E-state index in [0.29, 0.717) is 63.6 Å². The van der Waals surface area contributed by atoms with Crippen LogP contribution >= 0.6 is 11.6 Å². The average Bonchev–Trinajstić information content (AvgIpc) is 3.15. The average molecular weight is 491 g/mol. The van der Waals surface area contributed by atoms with Crippen LogP contribution in [0.3, 0.4) is 0 Å². The number of aromatic nitrogens is 5. The van der Waals surface area contributed by atoms with E-state index in [1.165, 1.54) is 12.1 Å². The SMILES string of the molecule is CCc1nc2c(c(=O)n1CCC(C)C)c1nc3ccccc3nc1n2-c1ccc(Cl)c([N+](=O)[O-])c1. The van der Waals surface area contributed by atoms with Crippen molar-refractivity contribution in [1.82, 2.24) is 24.1 Å². The van der Waals surface area contributed by atoms with E-state index in [-0.39, 0.29) is 16.3 Å². The van der Waals surface area contributed by atoms with Gasteiger partial charge in [-0.2, -0.15) is 0 Å². The Morgan fingerprint density at radius 2 is 1.77 bits per heavy atom. The number of nitro benzene ring substituents is 1. The first-order valence-corrected chi connectivity index (χ1v) is 11.8. The van der Waals surface area contributed by atoms with Gasteiger partial charge in [0.1, 0.15) is 21.7 Å². The van der Waals surface area contributed by atoms with Gasteiger partial charge >= 0.3 is 0 Å². The molecule has 0 N–H and O–H groups in total. The van der Waals surface area contributed by atoms with E-state index in [0.717, 1.165) is 6.42 Å². The van der Waals surface area contributed by atoms with Gasteiger partial charge in [-0.1, -0.05) is 44.5 Å². The number of fused-ring (bicyclic) bond motifs is 4. The summed E-state index contributed by atoms with van der Waals surface area (Å²) >= 11 is 6.07. The lowest BCUT2D eigenvalue weighted by molar-refractivity contribution is -0.384. The molecule has 35 heavy (non-hydrogen) atoms. The summed E-state index contributed by atoms with van der Waals surface area (Å²) in [6.45, 7) is 6.71. The zero-order valence-corrected chi connectivity index (χ0v) is 20.3. The van der Waals surface area contributed by atoms with Crippen molar-refractivity contribution < 1.29 is 4.92 Å². The van der Waals surface area contributed by atoms with Gasteiger partial charge < -0.3 is 0 Å². The van der Waals surface area contributed by atoms with E-state index >= 15 is 0 Å². The molecule has 2 aromatic carbocycles. The number of para-hydroxylation sites is 2. The molecule has 3 aromatic heterocycles. The second kappa shape index (κ2) is 8.74. The van der Waals surface area contributed by atoms with Crippen LogP contribution in [0.1, 0.15) is 33.0 Å². The molecule has 0 aliphatic carbocycles. The predicted octanol–water partition coefficient (Wildman–Crippen LogP) is 5.45. The smallest absolute Gasteiger partial charge is 0.289 e. The fraction of sp³-hybridized carbons (Fsp3) is 0.280. The first kappa shape index (κ1) is 22.9. The summed E-state index contributed by atoms with van der Waals surface area (Å²) in [7, 11) is 0. The molecule has 0 radical (unpaired) electrons. The van der Waals surface area contributed by atoms with Crippen molar-refractivity contribution in [2.45, 2.75) is 40.2 Å². The number of rotatable bonds is 6. The molecule has 0 fully saturated rings. The van der Waals surface area contributed by atoms with Gasteiger partial charge in [-0.15, -0.1) is 0 Å². The Morgan fingerprint density at radius 3 is 2.43 bits per heavy atom. The van der Waals surface area contributed by atoms with Crippen LogP contribution in [-0.2, 0) is 13.0 Å². The molecular weight excluding hydrogens is 468 g/mol. The molecule has 0 aliphatic heterocycles. The molecule has 0 saturated heterocycles. The zero-order chi connectivity index (χ0) is 24.9. The number of hydrogen-bond donors (Lipinski definition) is 0. The molecule has 0 amide bonds. The highest BCUT2D eigenvalue weighted by Crippen LogP contribution is 2.32. The summed E-state index contributed by atoms with van der Waals surface area (Å²) in [5.41, 5.74) is 2.47. The molecule has 0 aliphatic rings. The van der Waals surface area contributed by atoms with E-state index < -0.39 is 4.92 Å². The molecule has 0 unspecified atom stereocenters. The van der Waals surface area contributed by atoms with Crippen LogP contribution in [-0.4, -0.2) is 29.0 Å². The first-order valence-electron chi connectivity index (χ1n) is 11.4. The van der Waals surface area contributed by atoms with Gasteiger partial charge in [-0.25, -0.2) is 15.0 Å². The van der Waals surface area contributed by atoms with Gasteiger partial charge in [0.2, 0.25) is 0 Å². The summed E-state index contributed by atoms with van der Waals surface area (Å²) in [6.07, 6.45) is 1.38. The fourth-order valence-electron chi connectivity index (χ4n) is 4.28. The molecule has 5 rings (SSSR count). The Hall–Kier alpha value is -3.85. The van der Waals surface area contributed by atoms with Crippen molar-refractivity contribution in [3.63, 3.8) is 0 Å². The molecule has 0 bridgehead atoms. The van der Waals surface area contributed by atoms with Crippen LogP contribution in [0.2, 0.25) is 5.02 Å². The van der Waals surface area contributed by atoms with Crippen molar-refractivity contribution in [3.8, 4) is 5.69 Å². The molecule has 0 spiro atoms. The minimum atomic E-state index is -0.537. The normalized spacial score (nSPS) is 11.8. The quantitative estimate of drug-likeness (QED) is 0.231. The van der Waals surface area contributed by atoms with Crippen molar-refractivity contribution in [2.75, 3.05) is 0 Å². The Bertz CT molecular complexity index is 1690. The number of halogens is 1. The number of aryl methyl sites for hydroxylation is 1. The Balaban J connectivity index is 1.94. The highest BCUT2D eigenvalue weighted by Gasteiger charge is 2.24. The molecule has 0 saturated carbocycles. The van der Waals surface area contributed by atoms with E-state index in [1.54, 1.807) is 15.2 Å². The van der Waals surface area contributed by atoms with E-state index in [1.807, 2.05) is 31.2 Å². The van der Waals surface area contributed by atoms with Gasteiger partial charge in [-0.05, 0) is 36.6 Å². The van der Waals surface area contributed by atoms with Gasteiger partial charge in [0.25, 0.3) is 11.2 Å². The lowest BCUT2D eigenvalue weighted by Crippen LogP contribution is -2.26. The summed E-state index contributed by atoms with van der Waals surface area (Å²) < 4.78 is 3.38. The van der Waals surface area contributed by atoms with Crippen LogP contribution in [0.15, 0.2) is 47.3 Å². The first-order chi connectivity index (χ1) is 16.8. The minimum absolute atomic E-state index is 0.0225. The summed E-state index contributed by atoms with van der Waals surface area (Å²) in [5.74, 6) is 1.06. The van der Waals surface area contributed by atoms with Crippen LogP contribution in [0.5, 0.6) is 0 Å². The van der Waals surface area contributed by atoms with E-state index in [9.17, 15) is 14.9 Å². The maximum Gasteiger partial charge on any atom is 0.289 e. The van der Waals surface area contributed by atoms with Gasteiger partial charge in [0, 0.05) is 19.0 Å². The van der Waals surface area contributed by atoms with Gasteiger partial charge in [-0.3, -0.25) is 24.0 Å². The third-order valence-corrected chi connectivity index (χ3v) is 6.39. The summed E-state index contributed by atoms with van der Waals surface area (Å²) in [4.78, 5) is 39.4. The van der Waals surface area contributed by atoms with Crippen LogP contribution in [0.4, 0.5) is 5.69 Å². The topological polar surface area (TPSA) is 109 Å². The molecule has 10 heteroatoms. The monoisotopic (exact) mass is 490 g/mol. The lowest BCUT2D eigenvalue weighted by Gasteiger charge is -2.13. The Kier molecular flexibility index (Phi) is 5.72. The second-order valence-corrected chi connectivity index (χ2v) is 9.24. The Labute approximate surface area is 205 Å². The summed E-state index contributed by atoms with van der Waals surface area (Å²) in [5, 5.41) is 12.0. The molecule has 3 heterocycles. The molecular formula is C25H23ClN6O3. The van der Waals surface area contributed by atoms with Crippen molar-refractivity contribution >= 4 is 50.5 Å². The van der Waals surface area contributed by atoms with Gasteiger partial charge in [0.15, 0.2) is 11.3 Å². The number of nitro groups is 1. The highest BCUT2D eigenvalue weighted by atomic mass is 35.5. The maximum absolute atomic E-state index is 13.9. The predicted molar refractivity (Wildman–Crippen MR) is 136 cm³/mol. The fourth-order valence-corrected chi connectivity index (χ4v) is 4.47. The number of benzene rings is 2. The van der Waals surface area contributed by atoms with Crippen LogP contribution in [0, 0.1) is 16.0 Å². The highest BCUT2D eigenvalue weighted by molar-refractivity contribution is 6.32. The van der Waals surface area contributed by atoms with Crippen molar-refractivity contribution in [2.24, 2.45) is 5.92 Å². The third-order valence-electron chi connectivity index (χ3n) is 6.07. The zero-order valence-electron chi connectivity index (χ0n) is 19.5. The maximum atomic E-state index is 13.9. The van der Waals surface area contributed by atoms with Crippen LogP contribution < -0.4 is 5.56 Å². The van der Waals surface area contributed by atoms with E-state index in [2.05, 4.69) is 13.8 Å². The van der Waals surface area contributed by atoms with Crippen molar-refractivity contribution in [1.29, 1.82) is 0 Å². The Morgan fingerprint density at radius 1 is 1.06 bits per heavy atom. The molecule has 178 valence electrons. The number of nitrogens with zero attached hydrogens (tertiary/aromatic N) is 6. The van der Waals surface area contributed by atoms with E-state index in [4.69, 9.17) is 26.6 Å².